The van der Waals surface area contributed by atoms with Crippen molar-refractivity contribution in [1.82, 2.24) is 13.9 Å². The fraction of sp³-hybridized carbons (Fsp3) is 0.217. The average molecular weight is 608 g/mol. The van der Waals surface area contributed by atoms with Gasteiger partial charge in [-0.05, 0) is 36.4 Å². The van der Waals surface area contributed by atoms with Crippen molar-refractivity contribution in [3.8, 4) is 23.0 Å². The monoisotopic (exact) mass is 607 g/mol. The van der Waals surface area contributed by atoms with E-state index in [4.69, 9.17) is 9.47 Å². The highest BCUT2D eigenvalue weighted by molar-refractivity contribution is 7.93. The number of halogens is 5. The number of ether oxygens (including phenoxy) is 4. The van der Waals surface area contributed by atoms with Crippen LogP contribution in [0.25, 0.3) is 11.0 Å². The van der Waals surface area contributed by atoms with Crippen molar-refractivity contribution in [2.24, 2.45) is 0 Å². The minimum atomic E-state index is -5.00. The van der Waals surface area contributed by atoms with Gasteiger partial charge in [-0.3, -0.25) is 4.98 Å². The Kier molecular flexibility index (Phi) is 8.27. The summed E-state index contributed by atoms with van der Waals surface area (Å²) in [4.78, 5) is 7.74. The first-order valence-electron chi connectivity index (χ1n) is 10.9. The van der Waals surface area contributed by atoms with Crippen LogP contribution in [0.1, 0.15) is 5.69 Å². The Morgan fingerprint density at radius 1 is 1.02 bits per heavy atom. The zero-order valence-corrected chi connectivity index (χ0v) is 22.0. The molecule has 4 rings (SSSR count). The zero-order chi connectivity index (χ0) is 29.2. The summed E-state index contributed by atoms with van der Waals surface area (Å²) in [6.07, 6.45) is -3.65. The molecule has 0 aliphatic rings. The molecule has 0 bridgehead atoms. The molecular weight excluding hydrogens is 589 g/mol. The van der Waals surface area contributed by atoms with Crippen LogP contribution in [0.15, 0.2) is 64.8 Å². The normalized spacial score (nSPS) is 12.9. The summed E-state index contributed by atoms with van der Waals surface area (Å²) in [6, 6.07) is 7.98. The molecule has 17 heteroatoms. The van der Waals surface area contributed by atoms with Crippen molar-refractivity contribution >= 4 is 32.2 Å². The van der Waals surface area contributed by atoms with E-state index in [0.29, 0.717) is 3.97 Å². The Hall–Kier alpha value is -3.83. The molecule has 10 nitrogen and oxygen atoms in total. The van der Waals surface area contributed by atoms with Crippen molar-refractivity contribution in [1.29, 1.82) is 0 Å². The highest BCUT2D eigenvalue weighted by atomic mass is 32.2. The zero-order valence-electron chi connectivity index (χ0n) is 20.4. The Bertz CT molecular complexity index is 1610. The average Bonchev–Trinajstić information content (AvgIpc) is 3.27. The largest absolute Gasteiger partial charge is 0.609 e. The third kappa shape index (κ3) is 6.15. The van der Waals surface area contributed by atoms with E-state index in [2.05, 4.69) is 19.4 Å². The van der Waals surface area contributed by atoms with Gasteiger partial charge in [-0.1, -0.05) is 0 Å². The molecule has 0 fully saturated rings. The first kappa shape index (κ1) is 29.2. The minimum Gasteiger partial charge on any atom is -0.609 e. The van der Waals surface area contributed by atoms with Crippen molar-refractivity contribution in [3.05, 3.63) is 60.4 Å². The van der Waals surface area contributed by atoms with Crippen LogP contribution in [-0.4, -0.2) is 54.1 Å². The number of hydrogen-bond donors (Lipinski definition) is 0. The second-order valence-corrected chi connectivity index (χ2v) is 10.8. The van der Waals surface area contributed by atoms with Gasteiger partial charge in [-0.2, -0.15) is 17.7 Å². The molecule has 0 radical (unpaired) electrons. The first-order chi connectivity index (χ1) is 18.8. The molecule has 0 N–H and O–H groups in total. The summed E-state index contributed by atoms with van der Waals surface area (Å²) >= 11 is -2.24. The molecular formula is C23H18F5N3O7S2. The molecule has 4 aromatic rings. The maximum atomic E-state index is 13.7. The van der Waals surface area contributed by atoms with Crippen LogP contribution in [0.4, 0.5) is 22.0 Å². The van der Waals surface area contributed by atoms with E-state index < -0.39 is 55.7 Å². The van der Waals surface area contributed by atoms with E-state index in [1.165, 1.54) is 26.5 Å². The summed E-state index contributed by atoms with van der Waals surface area (Å²) in [5, 5.41) is -0.522. The number of pyridine rings is 1. The van der Waals surface area contributed by atoms with E-state index in [-0.39, 0.29) is 34.0 Å². The molecule has 2 aromatic heterocycles. The standard InChI is InChI=1S/C23H18F5N3O7S2/c1-35-19-9-10-29-17(20(19)36-2)12-39(32)22-30-16-11-14(37-21(24)25)5-8-18(16)31(22)40(33,34)15-6-3-13(4-7-15)38-23(26,27)28/h3-11,21H,12H2,1-2H3. The predicted molar refractivity (Wildman–Crippen MR) is 130 cm³/mol. The molecule has 0 saturated carbocycles. The quantitative estimate of drug-likeness (QED) is 0.189. The molecule has 2 aromatic carbocycles. The molecule has 214 valence electrons. The number of aromatic nitrogens is 3. The van der Waals surface area contributed by atoms with Crippen molar-refractivity contribution in [2.75, 3.05) is 14.2 Å². The van der Waals surface area contributed by atoms with Crippen LogP contribution < -0.4 is 18.9 Å². The van der Waals surface area contributed by atoms with Gasteiger partial charge in [0.1, 0.15) is 17.2 Å². The van der Waals surface area contributed by atoms with Crippen molar-refractivity contribution in [2.45, 2.75) is 28.8 Å². The minimum absolute atomic E-state index is 0.131. The SMILES string of the molecule is COc1ccnc(C[S+]([O-])c2nc3cc(OC(F)F)ccc3n2S(=O)(=O)c2ccc(OC(F)(F)F)cc2)c1OC. The highest BCUT2D eigenvalue weighted by Gasteiger charge is 2.34. The summed E-state index contributed by atoms with van der Waals surface area (Å²) in [5.74, 6) is -1.02. The van der Waals surface area contributed by atoms with Gasteiger partial charge in [0.25, 0.3) is 10.0 Å². The van der Waals surface area contributed by atoms with E-state index in [1.54, 1.807) is 0 Å². The number of nitrogens with zero attached hydrogens (tertiary/aromatic N) is 3. The number of fused-ring (bicyclic) bond motifs is 1. The predicted octanol–water partition coefficient (Wildman–Crippen LogP) is 4.49. The fourth-order valence-corrected chi connectivity index (χ4v) is 6.59. The van der Waals surface area contributed by atoms with Gasteiger partial charge in [-0.25, -0.2) is 8.42 Å². The molecule has 0 aliphatic heterocycles. The number of hydrogen-bond acceptors (Lipinski definition) is 9. The summed E-state index contributed by atoms with van der Waals surface area (Å²) in [7, 11) is -1.96. The topological polar surface area (TPSA) is 125 Å². The second-order valence-electron chi connectivity index (χ2n) is 7.70. The van der Waals surface area contributed by atoms with E-state index in [1.807, 2.05) is 0 Å². The fourth-order valence-electron chi connectivity index (χ4n) is 3.63. The van der Waals surface area contributed by atoms with Gasteiger partial charge < -0.3 is 23.5 Å². The maximum Gasteiger partial charge on any atom is 0.573 e. The van der Waals surface area contributed by atoms with E-state index in [9.17, 15) is 34.9 Å². The third-order valence-electron chi connectivity index (χ3n) is 5.21. The number of imidazole rings is 1. The Morgan fingerprint density at radius 3 is 2.30 bits per heavy atom. The lowest BCUT2D eigenvalue weighted by molar-refractivity contribution is -0.274. The number of alkyl halides is 5. The number of rotatable bonds is 10. The molecule has 2 heterocycles. The van der Waals surface area contributed by atoms with Gasteiger partial charge in [0.05, 0.1) is 30.1 Å². The molecule has 0 aliphatic carbocycles. The molecule has 0 saturated heterocycles. The van der Waals surface area contributed by atoms with Gasteiger partial charge >= 0.3 is 18.1 Å². The molecule has 40 heavy (non-hydrogen) atoms. The number of benzene rings is 2. The van der Waals surface area contributed by atoms with Crippen LogP contribution >= 0.6 is 0 Å². The van der Waals surface area contributed by atoms with Gasteiger partial charge in [0.15, 0.2) is 17.3 Å². The van der Waals surface area contributed by atoms with E-state index in [0.717, 1.165) is 42.5 Å². The lowest BCUT2D eigenvalue weighted by Crippen LogP contribution is -2.21. The van der Waals surface area contributed by atoms with Crippen LogP contribution in [0.5, 0.6) is 23.0 Å². The first-order valence-corrected chi connectivity index (χ1v) is 13.6. The second kappa shape index (κ2) is 11.3. The van der Waals surface area contributed by atoms with Gasteiger partial charge in [0.2, 0.25) is 0 Å². The van der Waals surface area contributed by atoms with Gasteiger partial charge in [-0.15, -0.1) is 13.2 Å². The van der Waals surface area contributed by atoms with Crippen molar-refractivity contribution in [3.63, 3.8) is 0 Å². The lowest BCUT2D eigenvalue weighted by Gasteiger charge is -2.15. The molecule has 0 amide bonds. The highest BCUT2D eigenvalue weighted by Crippen LogP contribution is 2.34. The Balaban J connectivity index is 1.83. The number of methoxy groups -OCH3 is 2. The Labute approximate surface area is 226 Å². The molecule has 1 unspecified atom stereocenters. The van der Waals surface area contributed by atoms with Gasteiger partial charge in [0, 0.05) is 29.5 Å². The van der Waals surface area contributed by atoms with Crippen LogP contribution in [0, 0.1) is 0 Å². The Morgan fingerprint density at radius 2 is 1.70 bits per heavy atom. The van der Waals surface area contributed by atoms with E-state index >= 15 is 0 Å². The van der Waals surface area contributed by atoms with Crippen LogP contribution in [0.2, 0.25) is 0 Å². The molecule has 0 spiro atoms. The van der Waals surface area contributed by atoms with Crippen LogP contribution in [-0.2, 0) is 27.0 Å². The summed E-state index contributed by atoms with van der Waals surface area (Å²) in [6.45, 7) is -3.18. The third-order valence-corrected chi connectivity index (χ3v) is 8.26. The molecule has 1 atom stereocenters. The summed E-state index contributed by atoms with van der Waals surface area (Å²) < 4.78 is 123. The maximum absolute atomic E-state index is 13.7. The smallest absolute Gasteiger partial charge is 0.573 e. The lowest BCUT2D eigenvalue weighted by atomic mass is 10.3. The van der Waals surface area contributed by atoms with Crippen molar-refractivity contribution < 1.29 is 53.9 Å². The summed E-state index contributed by atoms with van der Waals surface area (Å²) in [5.41, 5.74) is -0.189. The van der Waals surface area contributed by atoms with Crippen LogP contribution in [0.3, 0.4) is 0 Å².